The molecule has 1 aromatic heterocycles. The van der Waals surface area contributed by atoms with Crippen LogP contribution in [0.25, 0.3) is 10.2 Å². The van der Waals surface area contributed by atoms with Gasteiger partial charge in [0.2, 0.25) is 11.8 Å². The minimum absolute atomic E-state index is 0.000358. The zero-order valence-electron chi connectivity index (χ0n) is 13.2. The van der Waals surface area contributed by atoms with Gasteiger partial charge in [-0.05, 0) is 6.07 Å². The van der Waals surface area contributed by atoms with E-state index in [0.29, 0.717) is 14.6 Å². The number of imide groups is 1. The lowest BCUT2D eigenvalue weighted by atomic mass is 10.3. The topological polar surface area (TPSA) is 123 Å². The zero-order valence-corrected chi connectivity index (χ0v) is 15.6. The van der Waals surface area contributed by atoms with Crippen LogP contribution in [0.2, 0.25) is 0 Å². The molecule has 0 bridgehead atoms. The summed E-state index contributed by atoms with van der Waals surface area (Å²) in [6, 6.07) is 4.43. The molecule has 1 N–H and O–H groups in total. The summed E-state index contributed by atoms with van der Waals surface area (Å²) in [6.45, 7) is 0.356. The summed E-state index contributed by atoms with van der Waals surface area (Å²) in [5, 5.41) is 13.1. The molecule has 26 heavy (non-hydrogen) atoms. The predicted molar refractivity (Wildman–Crippen MR) is 99.6 cm³/mol. The highest BCUT2D eigenvalue weighted by molar-refractivity contribution is 8.14. The number of carbonyl (C=O) groups is 3. The summed E-state index contributed by atoms with van der Waals surface area (Å²) in [6.07, 6.45) is 0. The smallest absolute Gasteiger partial charge is 0.288 e. The SMILES string of the molecule is O=C(CSc1nc2ccc([N+](=O)[O-])cc2s1)NCCN1C(=O)CSC1=O. The van der Waals surface area contributed by atoms with E-state index in [0.717, 1.165) is 16.7 Å². The Morgan fingerprint density at radius 2 is 2.23 bits per heavy atom. The van der Waals surface area contributed by atoms with Crippen molar-refractivity contribution in [1.82, 2.24) is 15.2 Å². The molecular formula is C14H12N4O5S3. The second-order valence-electron chi connectivity index (χ2n) is 5.13. The molecule has 0 atom stereocenters. The van der Waals surface area contributed by atoms with Crippen molar-refractivity contribution in [2.24, 2.45) is 0 Å². The third-order valence-electron chi connectivity index (χ3n) is 3.39. The number of hydrogen-bond donors (Lipinski definition) is 1. The molecule has 136 valence electrons. The highest BCUT2D eigenvalue weighted by Crippen LogP contribution is 2.31. The molecule has 1 fully saturated rings. The van der Waals surface area contributed by atoms with E-state index in [1.54, 1.807) is 6.07 Å². The summed E-state index contributed by atoms with van der Waals surface area (Å²) in [5.74, 6) is -0.212. The van der Waals surface area contributed by atoms with Crippen LogP contribution in [0.15, 0.2) is 22.5 Å². The molecule has 1 aliphatic rings. The second kappa shape index (κ2) is 8.01. The molecule has 3 rings (SSSR count). The standard InChI is InChI=1S/C14H12N4O5S3/c19-11(15-3-4-17-12(20)7-25-14(17)21)6-24-13-16-9-2-1-8(18(22)23)5-10(9)26-13/h1-2,5H,3-4,6-7H2,(H,15,19). The molecule has 1 saturated heterocycles. The average molecular weight is 412 g/mol. The van der Waals surface area contributed by atoms with Gasteiger partial charge >= 0.3 is 0 Å². The molecule has 0 unspecified atom stereocenters. The highest BCUT2D eigenvalue weighted by atomic mass is 32.2. The third-order valence-corrected chi connectivity index (χ3v) is 6.41. The van der Waals surface area contributed by atoms with Crippen LogP contribution in [0.4, 0.5) is 10.5 Å². The van der Waals surface area contributed by atoms with Crippen molar-refractivity contribution >= 4 is 67.8 Å². The fraction of sp³-hybridized carbons (Fsp3) is 0.286. The van der Waals surface area contributed by atoms with Crippen LogP contribution in [-0.2, 0) is 9.59 Å². The molecule has 0 spiro atoms. The first-order valence-electron chi connectivity index (χ1n) is 7.35. The maximum Gasteiger partial charge on any atom is 0.288 e. The number of amides is 3. The van der Waals surface area contributed by atoms with Crippen LogP contribution in [0.5, 0.6) is 0 Å². The van der Waals surface area contributed by atoms with Gasteiger partial charge in [-0.15, -0.1) is 11.3 Å². The van der Waals surface area contributed by atoms with Crippen LogP contribution >= 0.6 is 34.9 Å². The van der Waals surface area contributed by atoms with Gasteiger partial charge in [0.1, 0.15) is 0 Å². The van der Waals surface area contributed by atoms with Gasteiger partial charge in [0.05, 0.1) is 26.6 Å². The van der Waals surface area contributed by atoms with Crippen molar-refractivity contribution in [2.75, 3.05) is 24.6 Å². The van der Waals surface area contributed by atoms with E-state index in [-0.39, 0.29) is 47.3 Å². The molecule has 0 saturated carbocycles. The second-order valence-corrected chi connectivity index (χ2v) is 8.31. The minimum Gasteiger partial charge on any atom is -0.354 e. The van der Waals surface area contributed by atoms with Crippen molar-refractivity contribution in [3.63, 3.8) is 0 Å². The van der Waals surface area contributed by atoms with Gasteiger partial charge in [0, 0.05) is 25.2 Å². The van der Waals surface area contributed by atoms with Crippen molar-refractivity contribution in [3.05, 3.63) is 28.3 Å². The van der Waals surface area contributed by atoms with E-state index in [9.17, 15) is 24.5 Å². The number of nitro benzene ring substituents is 1. The van der Waals surface area contributed by atoms with Crippen molar-refractivity contribution < 1.29 is 19.3 Å². The molecule has 3 amide bonds. The number of fused-ring (bicyclic) bond motifs is 1. The molecule has 12 heteroatoms. The highest BCUT2D eigenvalue weighted by Gasteiger charge is 2.29. The summed E-state index contributed by atoms with van der Waals surface area (Å²) in [5.41, 5.74) is 0.645. The van der Waals surface area contributed by atoms with Crippen molar-refractivity contribution in [3.8, 4) is 0 Å². The Morgan fingerprint density at radius 3 is 2.92 bits per heavy atom. The first-order valence-corrected chi connectivity index (χ1v) is 10.1. The van der Waals surface area contributed by atoms with E-state index in [2.05, 4.69) is 10.3 Å². The summed E-state index contributed by atoms with van der Waals surface area (Å²) < 4.78 is 1.32. The molecule has 2 aromatic rings. The van der Waals surface area contributed by atoms with Crippen LogP contribution in [0.1, 0.15) is 0 Å². The van der Waals surface area contributed by atoms with E-state index in [1.807, 2.05) is 0 Å². The van der Waals surface area contributed by atoms with E-state index in [1.165, 1.54) is 35.2 Å². The Balaban J connectivity index is 1.48. The first kappa shape index (κ1) is 18.6. The minimum atomic E-state index is -0.464. The lowest BCUT2D eigenvalue weighted by Gasteiger charge is -2.12. The Kier molecular flexibility index (Phi) is 5.74. The van der Waals surface area contributed by atoms with E-state index < -0.39 is 4.92 Å². The number of thioether (sulfide) groups is 2. The summed E-state index contributed by atoms with van der Waals surface area (Å²) in [7, 11) is 0. The molecule has 9 nitrogen and oxygen atoms in total. The number of aromatic nitrogens is 1. The van der Waals surface area contributed by atoms with Gasteiger partial charge in [-0.2, -0.15) is 0 Å². The lowest BCUT2D eigenvalue weighted by molar-refractivity contribution is -0.384. The number of hydrogen-bond acceptors (Lipinski definition) is 9. The number of carbonyl (C=O) groups excluding carboxylic acids is 3. The molecule has 1 aromatic carbocycles. The Labute approximate surface area is 159 Å². The number of benzene rings is 1. The quantitative estimate of drug-likeness (QED) is 0.417. The van der Waals surface area contributed by atoms with Gasteiger partial charge in [-0.3, -0.25) is 29.4 Å². The predicted octanol–water partition coefficient (Wildman–Crippen LogP) is 2.11. The summed E-state index contributed by atoms with van der Waals surface area (Å²) >= 11 is 3.47. The maximum atomic E-state index is 11.9. The Hall–Kier alpha value is -2.18. The maximum absolute atomic E-state index is 11.9. The number of nitrogens with zero attached hydrogens (tertiary/aromatic N) is 3. The Morgan fingerprint density at radius 1 is 1.42 bits per heavy atom. The Bertz CT molecular complexity index is 884. The number of nitrogens with one attached hydrogen (secondary N) is 1. The number of rotatable bonds is 7. The molecule has 2 heterocycles. The third kappa shape index (κ3) is 4.31. The van der Waals surface area contributed by atoms with E-state index >= 15 is 0 Å². The van der Waals surface area contributed by atoms with Gasteiger partial charge in [-0.25, -0.2) is 4.98 Å². The van der Waals surface area contributed by atoms with Gasteiger partial charge < -0.3 is 5.32 Å². The van der Waals surface area contributed by atoms with Crippen LogP contribution < -0.4 is 5.32 Å². The fourth-order valence-electron chi connectivity index (χ4n) is 2.15. The fourth-order valence-corrected chi connectivity index (χ4v) is 4.83. The zero-order chi connectivity index (χ0) is 18.7. The van der Waals surface area contributed by atoms with Gasteiger partial charge in [0.25, 0.3) is 10.9 Å². The average Bonchev–Trinajstić information content (AvgIpc) is 3.16. The lowest BCUT2D eigenvalue weighted by Crippen LogP contribution is -2.38. The van der Waals surface area contributed by atoms with Crippen molar-refractivity contribution in [1.29, 1.82) is 0 Å². The number of thiazole rings is 1. The monoisotopic (exact) mass is 412 g/mol. The summed E-state index contributed by atoms with van der Waals surface area (Å²) in [4.78, 5) is 50.5. The van der Waals surface area contributed by atoms with Crippen LogP contribution in [0.3, 0.4) is 0 Å². The van der Waals surface area contributed by atoms with E-state index in [4.69, 9.17) is 0 Å². The molecule has 0 radical (unpaired) electrons. The molecule has 1 aliphatic heterocycles. The van der Waals surface area contributed by atoms with Crippen LogP contribution in [-0.4, -0.2) is 56.5 Å². The molecular weight excluding hydrogens is 400 g/mol. The number of non-ortho nitro benzene ring substituents is 1. The van der Waals surface area contributed by atoms with Gasteiger partial charge in [0.15, 0.2) is 4.34 Å². The normalized spacial score (nSPS) is 14.2. The van der Waals surface area contributed by atoms with Crippen molar-refractivity contribution in [2.45, 2.75) is 4.34 Å². The first-order chi connectivity index (χ1) is 12.4. The number of nitro groups is 1. The van der Waals surface area contributed by atoms with Gasteiger partial charge in [-0.1, -0.05) is 23.5 Å². The van der Waals surface area contributed by atoms with Crippen LogP contribution in [0, 0.1) is 10.1 Å². The molecule has 0 aliphatic carbocycles. The largest absolute Gasteiger partial charge is 0.354 e.